The highest BCUT2D eigenvalue weighted by molar-refractivity contribution is 5.94. The van der Waals surface area contributed by atoms with Crippen LogP contribution in [0.5, 0.6) is 0 Å². The summed E-state index contributed by atoms with van der Waals surface area (Å²) in [5.74, 6) is -0.140. The number of hydrogen-bond donors (Lipinski definition) is 3. The average molecular weight is 246 g/mol. The molecule has 0 bridgehead atoms. The van der Waals surface area contributed by atoms with Gasteiger partial charge in [0.1, 0.15) is 5.82 Å². The summed E-state index contributed by atoms with van der Waals surface area (Å²) in [4.78, 5) is 15.0. The molecule has 1 aromatic carbocycles. The van der Waals surface area contributed by atoms with E-state index in [1.54, 1.807) is 18.3 Å². The Bertz CT molecular complexity index is 577. The second-order valence-electron chi connectivity index (χ2n) is 3.92. The Balaban J connectivity index is 2.09. The predicted octanol–water partition coefficient (Wildman–Crippen LogP) is 1.31. The quantitative estimate of drug-likeness (QED) is 0.707. The molecular weight excluding hydrogens is 232 g/mol. The maximum atomic E-state index is 10.8. The van der Waals surface area contributed by atoms with Gasteiger partial charge in [-0.3, -0.25) is 0 Å². The van der Waals surface area contributed by atoms with Crippen LogP contribution in [0.3, 0.4) is 0 Å². The van der Waals surface area contributed by atoms with Crippen LogP contribution in [-0.2, 0) is 13.6 Å². The molecule has 6 heteroatoms. The van der Waals surface area contributed by atoms with Crippen LogP contribution in [0.15, 0.2) is 30.6 Å². The van der Waals surface area contributed by atoms with Gasteiger partial charge in [-0.1, -0.05) is 0 Å². The number of nitrogens with zero attached hydrogens (tertiary/aromatic N) is 2. The molecule has 0 saturated heterocycles. The van der Waals surface area contributed by atoms with Gasteiger partial charge in [-0.25, -0.2) is 9.78 Å². The summed E-state index contributed by atoms with van der Waals surface area (Å²) in [6, 6.07) is 4.77. The minimum absolute atomic E-state index is 0.109. The van der Waals surface area contributed by atoms with E-state index >= 15 is 0 Å². The Labute approximate surface area is 104 Å². The van der Waals surface area contributed by atoms with Gasteiger partial charge in [0, 0.05) is 30.8 Å². The number of carboxylic acids is 1. The number of imidazole rings is 1. The van der Waals surface area contributed by atoms with Crippen molar-refractivity contribution in [3.8, 4) is 0 Å². The summed E-state index contributed by atoms with van der Waals surface area (Å²) >= 11 is 0. The molecule has 0 unspecified atom stereocenters. The molecule has 2 aromatic rings. The number of aromatic carboxylic acids is 1. The average Bonchev–Trinajstić information content (AvgIpc) is 2.72. The number of benzene rings is 1. The second kappa shape index (κ2) is 4.79. The molecular formula is C12H14N4O2. The highest BCUT2D eigenvalue weighted by atomic mass is 16.4. The number of rotatable bonds is 4. The van der Waals surface area contributed by atoms with Crippen molar-refractivity contribution < 1.29 is 9.90 Å². The summed E-state index contributed by atoms with van der Waals surface area (Å²) < 4.78 is 1.90. The highest BCUT2D eigenvalue weighted by Crippen LogP contribution is 2.18. The fourth-order valence-electron chi connectivity index (χ4n) is 1.62. The summed E-state index contributed by atoms with van der Waals surface area (Å²) in [6.45, 7) is 0.551. The number of nitrogen functional groups attached to an aromatic ring is 1. The van der Waals surface area contributed by atoms with Gasteiger partial charge in [0.2, 0.25) is 0 Å². The van der Waals surface area contributed by atoms with Gasteiger partial charge in [-0.15, -0.1) is 0 Å². The van der Waals surface area contributed by atoms with Crippen LogP contribution in [0.4, 0.5) is 11.4 Å². The van der Waals surface area contributed by atoms with Gasteiger partial charge in [0.15, 0.2) is 0 Å². The number of carbonyl (C=O) groups is 1. The molecule has 0 aliphatic carbocycles. The first-order valence-electron chi connectivity index (χ1n) is 5.41. The molecule has 0 spiro atoms. The van der Waals surface area contributed by atoms with Gasteiger partial charge in [-0.2, -0.15) is 0 Å². The number of hydrogen-bond acceptors (Lipinski definition) is 4. The first kappa shape index (κ1) is 12.0. The number of aryl methyl sites for hydroxylation is 1. The van der Waals surface area contributed by atoms with E-state index in [0.717, 1.165) is 11.5 Å². The summed E-state index contributed by atoms with van der Waals surface area (Å²) in [7, 11) is 1.91. The van der Waals surface area contributed by atoms with Gasteiger partial charge in [-0.05, 0) is 18.2 Å². The number of aromatic nitrogens is 2. The number of anilines is 2. The molecule has 94 valence electrons. The van der Waals surface area contributed by atoms with E-state index in [1.807, 2.05) is 17.8 Å². The molecule has 0 aliphatic heterocycles. The van der Waals surface area contributed by atoms with Gasteiger partial charge in [0.05, 0.1) is 12.1 Å². The summed E-state index contributed by atoms with van der Waals surface area (Å²) in [5, 5.41) is 12.0. The Morgan fingerprint density at radius 1 is 1.56 bits per heavy atom. The Kier molecular flexibility index (Phi) is 3.18. The van der Waals surface area contributed by atoms with Crippen LogP contribution in [0.1, 0.15) is 16.2 Å². The van der Waals surface area contributed by atoms with E-state index in [-0.39, 0.29) is 11.3 Å². The van der Waals surface area contributed by atoms with Crippen LogP contribution in [0.25, 0.3) is 0 Å². The molecule has 0 fully saturated rings. The number of carboxylic acid groups (broad SMARTS) is 1. The molecule has 2 rings (SSSR count). The predicted molar refractivity (Wildman–Crippen MR) is 68.3 cm³/mol. The third kappa shape index (κ3) is 2.42. The lowest BCUT2D eigenvalue weighted by Gasteiger charge is -2.08. The van der Waals surface area contributed by atoms with Crippen molar-refractivity contribution in [3.63, 3.8) is 0 Å². The standard InChI is InChI=1S/C12H14N4O2/c1-16-5-4-14-11(16)7-15-8-2-3-9(12(17)18)10(13)6-8/h2-6,15H,7,13H2,1H3,(H,17,18). The van der Waals surface area contributed by atoms with Crippen molar-refractivity contribution in [3.05, 3.63) is 42.0 Å². The lowest BCUT2D eigenvalue weighted by Crippen LogP contribution is -2.07. The van der Waals surface area contributed by atoms with Crippen molar-refractivity contribution >= 4 is 17.3 Å². The maximum absolute atomic E-state index is 10.8. The molecule has 0 saturated carbocycles. The highest BCUT2D eigenvalue weighted by Gasteiger charge is 2.08. The zero-order valence-corrected chi connectivity index (χ0v) is 9.92. The first-order chi connectivity index (χ1) is 8.58. The van der Waals surface area contributed by atoms with Gasteiger partial charge in [0.25, 0.3) is 0 Å². The van der Waals surface area contributed by atoms with Crippen molar-refractivity contribution in [1.82, 2.24) is 9.55 Å². The van der Waals surface area contributed by atoms with Gasteiger partial charge >= 0.3 is 5.97 Å². The third-order valence-corrected chi connectivity index (χ3v) is 2.65. The molecule has 1 aromatic heterocycles. The monoisotopic (exact) mass is 246 g/mol. The topological polar surface area (TPSA) is 93.2 Å². The number of nitrogens with two attached hydrogens (primary N) is 1. The van der Waals surface area contributed by atoms with Crippen LogP contribution in [0.2, 0.25) is 0 Å². The lowest BCUT2D eigenvalue weighted by atomic mass is 10.1. The van der Waals surface area contributed by atoms with Crippen LogP contribution in [-0.4, -0.2) is 20.6 Å². The maximum Gasteiger partial charge on any atom is 0.337 e. The van der Waals surface area contributed by atoms with Crippen LogP contribution >= 0.6 is 0 Å². The van der Waals surface area contributed by atoms with Crippen LogP contribution < -0.4 is 11.1 Å². The largest absolute Gasteiger partial charge is 0.478 e. The second-order valence-corrected chi connectivity index (χ2v) is 3.92. The molecule has 4 N–H and O–H groups in total. The first-order valence-corrected chi connectivity index (χ1v) is 5.41. The Morgan fingerprint density at radius 3 is 2.89 bits per heavy atom. The Morgan fingerprint density at radius 2 is 2.33 bits per heavy atom. The number of nitrogens with one attached hydrogen (secondary N) is 1. The zero-order valence-electron chi connectivity index (χ0n) is 9.92. The Hall–Kier alpha value is -2.50. The van der Waals surface area contributed by atoms with E-state index in [2.05, 4.69) is 10.3 Å². The molecule has 0 aliphatic rings. The molecule has 18 heavy (non-hydrogen) atoms. The van der Waals surface area contributed by atoms with Crippen molar-refractivity contribution in [2.45, 2.75) is 6.54 Å². The van der Waals surface area contributed by atoms with Gasteiger partial charge < -0.3 is 20.7 Å². The van der Waals surface area contributed by atoms with Crippen molar-refractivity contribution in [1.29, 1.82) is 0 Å². The minimum atomic E-state index is -1.02. The smallest absolute Gasteiger partial charge is 0.337 e. The molecule has 0 atom stereocenters. The van der Waals surface area contributed by atoms with Crippen molar-refractivity contribution in [2.75, 3.05) is 11.1 Å². The fourth-order valence-corrected chi connectivity index (χ4v) is 1.62. The molecule has 0 radical (unpaired) electrons. The molecule has 0 amide bonds. The van der Waals surface area contributed by atoms with E-state index < -0.39 is 5.97 Å². The minimum Gasteiger partial charge on any atom is -0.478 e. The normalized spacial score (nSPS) is 10.3. The SMILES string of the molecule is Cn1ccnc1CNc1ccc(C(=O)O)c(N)c1. The lowest BCUT2D eigenvalue weighted by molar-refractivity contribution is 0.0698. The third-order valence-electron chi connectivity index (χ3n) is 2.65. The molecule has 1 heterocycles. The van der Waals surface area contributed by atoms with Crippen molar-refractivity contribution in [2.24, 2.45) is 7.05 Å². The molecule has 6 nitrogen and oxygen atoms in total. The van der Waals surface area contributed by atoms with Crippen LogP contribution in [0, 0.1) is 0 Å². The van der Waals surface area contributed by atoms with E-state index in [4.69, 9.17) is 10.8 Å². The summed E-state index contributed by atoms with van der Waals surface area (Å²) in [6.07, 6.45) is 3.58. The fraction of sp³-hybridized carbons (Fsp3) is 0.167. The van der Waals surface area contributed by atoms with E-state index in [9.17, 15) is 4.79 Å². The summed E-state index contributed by atoms with van der Waals surface area (Å²) in [5.41, 5.74) is 6.78. The van der Waals surface area contributed by atoms with E-state index in [0.29, 0.717) is 6.54 Å². The zero-order chi connectivity index (χ0) is 13.1. The van der Waals surface area contributed by atoms with E-state index in [1.165, 1.54) is 6.07 Å².